The van der Waals surface area contributed by atoms with Crippen molar-refractivity contribution in [2.45, 2.75) is 66.0 Å². The maximum Gasteiger partial charge on any atom is 0.307 e. The van der Waals surface area contributed by atoms with Crippen molar-refractivity contribution in [3.05, 3.63) is 76.4 Å². The maximum absolute atomic E-state index is 12.3. The second-order valence-corrected chi connectivity index (χ2v) is 11.2. The van der Waals surface area contributed by atoms with Crippen LogP contribution in [-0.2, 0) is 17.9 Å². The van der Waals surface area contributed by atoms with E-state index in [0.29, 0.717) is 17.9 Å². The zero-order chi connectivity index (χ0) is 28.3. The molecule has 0 saturated carbocycles. The number of benzene rings is 2. The lowest BCUT2D eigenvalue weighted by atomic mass is 9.78. The number of carboxylic acids is 1. The molecule has 210 valence electrons. The average Bonchev–Trinajstić information content (AvgIpc) is 3.34. The Morgan fingerprint density at radius 3 is 2.54 bits per heavy atom. The van der Waals surface area contributed by atoms with Crippen LogP contribution >= 0.6 is 0 Å². The number of aromatic nitrogens is 2. The molecule has 1 fully saturated rings. The monoisotopic (exact) mass is 532 g/mol. The van der Waals surface area contributed by atoms with Crippen LogP contribution in [-0.4, -0.2) is 45.7 Å². The molecule has 0 bridgehead atoms. The molecule has 0 radical (unpaired) electrons. The highest BCUT2D eigenvalue weighted by Gasteiger charge is 2.30. The summed E-state index contributed by atoms with van der Waals surface area (Å²) in [6, 6.07) is 10.1. The lowest BCUT2D eigenvalue weighted by molar-refractivity contribution is -0.141. The largest absolute Gasteiger partial charge is 0.481 e. The van der Waals surface area contributed by atoms with Crippen molar-refractivity contribution in [3.63, 3.8) is 0 Å². The van der Waals surface area contributed by atoms with Crippen LogP contribution in [0.5, 0.6) is 0 Å². The fourth-order valence-electron chi connectivity index (χ4n) is 5.88. The van der Waals surface area contributed by atoms with Crippen molar-refractivity contribution in [1.29, 1.82) is 0 Å². The Balaban J connectivity index is 1.64. The summed E-state index contributed by atoms with van der Waals surface area (Å²) < 4.78 is 2.22. The Bertz CT molecular complexity index is 1290. The minimum atomic E-state index is -0.844. The van der Waals surface area contributed by atoms with Gasteiger partial charge in [0.25, 0.3) is 0 Å². The Morgan fingerprint density at radius 1 is 1.18 bits per heavy atom. The molecule has 1 saturated heterocycles. The van der Waals surface area contributed by atoms with Gasteiger partial charge in [-0.25, -0.2) is 10.8 Å². The molecule has 4 rings (SSSR count). The van der Waals surface area contributed by atoms with E-state index in [2.05, 4.69) is 35.4 Å². The summed E-state index contributed by atoms with van der Waals surface area (Å²) in [5, 5.41) is 11.5. The number of anilines is 2. The van der Waals surface area contributed by atoms with Gasteiger partial charge in [-0.05, 0) is 79.6 Å². The van der Waals surface area contributed by atoms with E-state index in [9.17, 15) is 9.90 Å². The zero-order valence-electron chi connectivity index (χ0n) is 24.0. The number of likely N-dealkylation sites (tertiary alicyclic amines) is 1. The molecular formula is C31H44N6O2. The number of aryl methyl sites for hydroxylation is 1. The fraction of sp³-hybridized carbons (Fsp3) is 0.484. The smallest absolute Gasteiger partial charge is 0.307 e. The van der Waals surface area contributed by atoms with Gasteiger partial charge in [0, 0.05) is 31.9 Å². The first-order valence-electron chi connectivity index (χ1n) is 14.0. The number of nitrogens with two attached hydrogens (primary N) is 2. The number of carbonyl (C=O) groups is 1. The number of piperidine rings is 1. The van der Waals surface area contributed by atoms with Crippen molar-refractivity contribution in [1.82, 2.24) is 14.5 Å². The van der Waals surface area contributed by atoms with Gasteiger partial charge >= 0.3 is 5.97 Å². The number of nitrogen functional groups attached to an aromatic ring is 1. The van der Waals surface area contributed by atoms with Crippen LogP contribution in [0.3, 0.4) is 0 Å². The van der Waals surface area contributed by atoms with Crippen LogP contribution in [0, 0.1) is 25.7 Å². The molecule has 2 heterocycles. The van der Waals surface area contributed by atoms with Crippen LogP contribution in [0.4, 0.5) is 11.4 Å². The molecule has 0 aliphatic carbocycles. The summed E-state index contributed by atoms with van der Waals surface area (Å²) in [7, 11) is 1.74. The molecule has 1 aliphatic rings. The highest BCUT2D eigenvalue weighted by atomic mass is 16.4. The number of imidazole rings is 1. The summed E-state index contributed by atoms with van der Waals surface area (Å²) in [4.78, 5) is 19.5. The van der Waals surface area contributed by atoms with Gasteiger partial charge in [-0.2, -0.15) is 0 Å². The number of carboxylic acid groups (broad SMARTS) is 1. The molecule has 8 nitrogen and oxygen atoms in total. The predicted octanol–water partition coefficient (Wildman–Crippen LogP) is 4.91. The van der Waals surface area contributed by atoms with Crippen molar-refractivity contribution in [2.24, 2.45) is 17.7 Å². The molecule has 39 heavy (non-hydrogen) atoms. The van der Waals surface area contributed by atoms with E-state index in [1.165, 1.54) is 29.8 Å². The third-order valence-corrected chi connectivity index (χ3v) is 8.66. The topological polar surface area (TPSA) is 114 Å². The first kappa shape index (κ1) is 28.6. The van der Waals surface area contributed by atoms with E-state index in [4.69, 9.17) is 16.6 Å². The highest BCUT2D eigenvalue weighted by molar-refractivity contribution is 5.75. The second kappa shape index (κ2) is 12.2. The highest BCUT2D eigenvalue weighted by Crippen LogP contribution is 2.39. The number of hydrazine groups is 1. The molecule has 5 N–H and O–H groups in total. The van der Waals surface area contributed by atoms with Crippen LogP contribution in [0.15, 0.2) is 42.7 Å². The fourth-order valence-corrected chi connectivity index (χ4v) is 5.88. The number of hydrogen-bond donors (Lipinski definition) is 3. The molecular weight excluding hydrogens is 488 g/mol. The Kier molecular flexibility index (Phi) is 8.97. The van der Waals surface area contributed by atoms with Crippen molar-refractivity contribution >= 4 is 17.3 Å². The summed E-state index contributed by atoms with van der Waals surface area (Å²) in [5.74, 6) is 6.03. The average molecular weight is 533 g/mol. The van der Waals surface area contributed by atoms with E-state index >= 15 is 0 Å². The molecule has 3 aromatic rings. The third-order valence-electron chi connectivity index (χ3n) is 8.66. The van der Waals surface area contributed by atoms with E-state index < -0.39 is 11.9 Å². The van der Waals surface area contributed by atoms with Gasteiger partial charge in [-0.3, -0.25) is 9.69 Å². The summed E-state index contributed by atoms with van der Waals surface area (Å²) >= 11 is 0. The summed E-state index contributed by atoms with van der Waals surface area (Å²) in [5.41, 5.74) is 12.8. The molecule has 2 atom stereocenters. The van der Waals surface area contributed by atoms with Crippen molar-refractivity contribution < 1.29 is 9.90 Å². The quantitative estimate of drug-likeness (QED) is 0.193. The standard InChI is InChI=1S/C31H44N6O2/c1-6-23-11-14-36(15-12-23)19-28-34-13-16-37(28)18-25-17-24(8-7-20(25)2)29(22(4)31(38)39)26-9-10-27(35(5)33)30(32)21(26)3/h7-10,13,16-17,22-23,29H,6,11-12,14-15,18-19,32-33H2,1-5H3,(H,38,39)/t22?,29-/m1/s1. The van der Waals surface area contributed by atoms with Crippen molar-refractivity contribution in [2.75, 3.05) is 30.9 Å². The van der Waals surface area contributed by atoms with Crippen molar-refractivity contribution in [3.8, 4) is 0 Å². The molecule has 1 aromatic heterocycles. The Labute approximate surface area is 232 Å². The zero-order valence-corrected chi connectivity index (χ0v) is 24.0. The first-order valence-corrected chi connectivity index (χ1v) is 14.0. The predicted molar refractivity (Wildman–Crippen MR) is 158 cm³/mol. The van der Waals surface area contributed by atoms with Gasteiger partial charge < -0.3 is 20.4 Å². The lowest BCUT2D eigenvalue weighted by Gasteiger charge is -2.31. The number of hydrogen-bond acceptors (Lipinski definition) is 6. The lowest BCUT2D eigenvalue weighted by Crippen LogP contribution is -2.34. The number of nitrogens with zero attached hydrogens (tertiary/aromatic N) is 4. The van der Waals surface area contributed by atoms with Crippen LogP contribution in [0.25, 0.3) is 0 Å². The first-order chi connectivity index (χ1) is 18.6. The van der Waals surface area contributed by atoms with E-state index in [1.54, 1.807) is 14.0 Å². The number of rotatable bonds is 10. The Hall–Kier alpha value is -3.36. The molecule has 0 amide bonds. The minimum absolute atomic E-state index is 0.358. The molecule has 2 aromatic carbocycles. The van der Waals surface area contributed by atoms with Gasteiger partial charge in [0.2, 0.25) is 0 Å². The minimum Gasteiger partial charge on any atom is -0.481 e. The normalized spacial score (nSPS) is 16.3. The SMILES string of the molecule is CCC1CCN(Cc2nccn2Cc2cc([C@H](c3ccc(N(C)N)c(N)c3C)C(C)C(=O)O)ccc2C)CC1. The number of aliphatic carboxylic acids is 1. The molecule has 1 aliphatic heterocycles. The Morgan fingerprint density at radius 2 is 1.90 bits per heavy atom. The molecule has 1 unspecified atom stereocenters. The van der Waals surface area contributed by atoms with Crippen LogP contribution in [0.2, 0.25) is 0 Å². The van der Waals surface area contributed by atoms with Gasteiger partial charge in [-0.15, -0.1) is 0 Å². The van der Waals surface area contributed by atoms with Crippen LogP contribution < -0.4 is 16.6 Å². The van der Waals surface area contributed by atoms with E-state index in [-0.39, 0.29) is 5.92 Å². The summed E-state index contributed by atoms with van der Waals surface area (Å²) in [6.45, 7) is 11.9. The molecule has 0 spiro atoms. The van der Waals surface area contributed by atoms with Gasteiger partial charge in [0.15, 0.2) is 0 Å². The molecule has 8 heteroatoms. The van der Waals surface area contributed by atoms with E-state index in [1.807, 2.05) is 37.5 Å². The summed E-state index contributed by atoms with van der Waals surface area (Å²) in [6.07, 6.45) is 7.71. The maximum atomic E-state index is 12.3. The van der Waals surface area contributed by atoms with Crippen LogP contribution in [0.1, 0.15) is 72.7 Å². The van der Waals surface area contributed by atoms with Gasteiger partial charge in [-0.1, -0.05) is 44.5 Å². The third kappa shape index (κ3) is 6.28. The van der Waals surface area contributed by atoms with E-state index in [0.717, 1.165) is 53.6 Å². The van der Waals surface area contributed by atoms with Gasteiger partial charge in [0.1, 0.15) is 5.82 Å². The van der Waals surface area contributed by atoms with Gasteiger partial charge in [0.05, 0.1) is 23.8 Å². The second-order valence-electron chi connectivity index (χ2n) is 11.2.